The first-order valence-corrected chi connectivity index (χ1v) is 13.8. The van der Waals surface area contributed by atoms with Crippen molar-refractivity contribution in [1.82, 2.24) is 10.2 Å². The summed E-state index contributed by atoms with van der Waals surface area (Å²) in [5.41, 5.74) is 8.52. The van der Waals surface area contributed by atoms with E-state index < -0.39 is 11.7 Å². The molecule has 40 heavy (non-hydrogen) atoms. The van der Waals surface area contributed by atoms with Crippen molar-refractivity contribution in [2.24, 2.45) is 11.7 Å². The van der Waals surface area contributed by atoms with Crippen LogP contribution in [0.25, 0.3) is 0 Å². The molecule has 1 aliphatic heterocycles. The normalized spacial score (nSPS) is 16.7. The Hall–Kier alpha value is -3.88. The number of carboxylic acid groups (broad SMARTS) is 1. The van der Waals surface area contributed by atoms with Crippen molar-refractivity contribution in [1.29, 1.82) is 0 Å². The summed E-state index contributed by atoms with van der Waals surface area (Å²) in [6.07, 6.45) is 1.09. The average molecular weight is 546 g/mol. The molecule has 0 unspecified atom stereocenters. The van der Waals surface area contributed by atoms with Crippen LogP contribution in [0.5, 0.6) is 11.5 Å². The number of likely N-dealkylation sites (tertiary alicyclic amines) is 1. The summed E-state index contributed by atoms with van der Waals surface area (Å²) in [4.78, 5) is 26.3. The molecule has 1 saturated heterocycles. The van der Waals surface area contributed by atoms with E-state index >= 15 is 0 Å². The number of nitrogens with zero attached hydrogens (tertiary/aromatic N) is 1. The van der Waals surface area contributed by atoms with E-state index in [2.05, 4.69) is 5.32 Å². The topological polar surface area (TPSA) is 125 Å². The van der Waals surface area contributed by atoms with Crippen LogP contribution in [-0.4, -0.2) is 46.7 Å². The van der Waals surface area contributed by atoms with E-state index in [-0.39, 0.29) is 18.4 Å². The zero-order valence-electron chi connectivity index (χ0n) is 23.2. The van der Waals surface area contributed by atoms with Gasteiger partial charge in [-0.05, 0) is 74.4 Å². The second kappa shape index (κ2) is 13.0. The molecule has 0 aromatic heterocycles. The second-order valence-corrected chi connectivity index (χ2v) is 10.6. The maximum atomic E-state index is 13.4. The quantitative estimate of drug-likeness (QED) is 0.255. The number of hydrogen-bond acceptors (Lipinski definition) is 5. The number of carbonyl (C=O) groups is 2. The van der Waals surface area contributed by atoms with Crippen LogP contribution in [-0.2, 0) is 12.1 Å². The van der Waals surface area contributed by atoms with Crippen molar-refractivity contribution >= 4 is 12.0 Å². The molecule has 1 heterocycles. The van der Waals surface area contributed by atoms with E-state index in [0.29, 0.717) is 49.4 Å². The maximum absolute atomic E-state index is 13.4. The van der Waals surface area contributed by atoms with Gasteiger partial charge < -0.3 is 30.9 Å². The van der Waals surface area contributed by atoms with Crippen LogP contribution in [0.3, 0.4) is 0 Å². The number of ether oxygens (including phenoxy) is 1. The molecule has 8 heteroatoms. The Labute approximate surface area is 235 Å². The van der Waals surface area contributed by atoms with Gasteiger partial charge in [-0.25, -0.2) is 4.79 Å². The van der Waals surface area contributed by atoms with E-state index in [0.717, 1.165) is 35.3 Å². The van der Waals surface area contributed by atoms with E-state index in [1.807, 2.05) is 68.4 Å². The summed E-state index contributed by atoms with van der Waals surface area (Å²) in [6.45, 7) is 5.57. The number of aliphatic hydroxyl groups is 1. The maximum Gasteiger partial charge on any atom is 0.404 e. The number of aryl methyl sites for hydroxylation is 2. The highest BCUT2D eigenvalue weighted by molar-refractivity contribution is 5.94. The molecule has 5 N–H and O–H groups in total. The molecule has 1 aliphatic rings. The first kappa shape index (κ1) is 29.1. The predicted molar refractivity (Wildman–Crippen MR) is 155 cm³/mol. The molecule has 0 radical (unpaired) electrons. The summed E-state index contributed by atoms with van der Waals surface area (Å²) < 4.78 is 6.46. The smallest absolute Gasteiger partial charge is 0.404 e. The van der Waals surface area contributed by atoms with Gasteiger partial charge in [-0.3, -0.25) is 4.79 Å². The lowest BCUT2D eigenvalue weighted by molar-refractivity contribution is -0.0578. The van der Waals surface area contributed by atoms with Gasteiger partial charge in [0.15, 0.2) is 0 Å². The lowest BCUT2D eigenvalue weighted by Crippen LogP contribution is -2.48. The number of para-hydroxylation sites is 2. The van der Waals surface area contributed by atoms with Gasteiger partial charge in [-0.1, -0.05) is 48.5 Å². The minimum atomic E-state index is -1.35. The highest BCUT2D eigenvalue weighted by Gasteiger charge is 2.43. The van der Waals surface area contributed by atoms with E-state index in [4.69, 9.17) is 15.6 Å². The van der Waals surface area contributed by atoms with Crippen LogP contribution in [0, 0.1) is 19.8 Å². The van der Waals surface area contributed by atoms with Crippen LogP contribution in [0.2, 0.25) is 0 Å². The number of nitrogens with one attached hydrogen (secondary N) is 1. The van der Waals surface area contributed by atoms with Gasteiger partial charge in [0, 0.05) is 43.2 Å². The molecule has 2 atom stereocenters. The van der Waals surface area contributed by atoms with Gasteiger partial charge in [0.1, 0.15) is 11.5 Å². The number of hydrogen-bond donors (Lipinski definition) is 4. The van der Waals surface area contributed by atoms with Gasteiger partial charge >= 0.3 is 6.09 Å². The number of nitrogens with two attached hydrogens (primary N) is 1. The molecule has 2 amide bonds. The number of benzene rings is 3. The zero-order chi connectivity index (χ0) is 28.7. The standard InChI is InChI=1S/C32H39N3O5/c1-22-8-5-9-23(2)29(22)40-28-12-4-3-11-27(28)32(39,17-7-18-34-31(37)38)26-10-6-19-35(21-26)30(36)25-15-13-24(20-33)14-16-25/h3-5,8-9,11-16,26,34,39H,6-7,10,17-21,33H2,1-2H3,(H,37,38)/t26-,32+/m1/s1. The predicted octanol–water partition coefficient (Wildman–Crippen LogP) is 5.34. The summed E-state index contributed by atoms with van der Waals surface area (Å²) >= 11 is 0. The van der Waals surface area contributed by atoms with E-state index in [9.17, 15) is 14.7 Å². The molecule has 212 valence electrons. The molecule has 3 aromatic carbocycles. The third-order valence-corrected chi connectivity index (χ3v) is 7.81. The SMILES string of the molecule is Cc1cccc(C)c1Oc1ccccc1[C@](O)(CCCNC(=O)O)[C@@H]1CCCN(C(=O)c2ccc(CN)cc2)C1. The third-order valence-electron chi connectivity index (χ3n) is 7.81. The fraction of sp³-hybridized carbons (Fsp3) is 0.375. The van der Waals surface area contributed by atoms with Gasteiger partial charge in [0.2, 0.25) is 0 Å². The van der Waals surface area contributed by atoms with Crippen LogP contribution < -0.4 is 15.8 Å². The van der Waals surface area contributed by atoms with Gasteiger partial charge in [0.05, 0.1) is 5.60 Å². The molecule has 0 spiro atoms. The molecule has 0 aliphatic carbocycles. The first-order chi connectivity index (χ1) is 19.2. The fourth-order valence-corrected chi connectivity index (χ4v) is 5.61. The largest absolute Gasteiger partial charge is 0.465 e. The minimum Gasteiger partial charge on any atom is -0.465 e. The van der Waals surface area contributed by atoms with Gasteiger partial charge in [0.25, 0.3) is 5.91 Å². The number of rotatable bonds is 10. The zero-order valence-corrected chi connectivity index (χ0v) is 23.2. The Balaban J connectivity index is 1.65. The van der Waals surface area contributed by atoms with Crippen LogP contribution in [0.1, 0.15) is 58.3 Å². The Kier molecular flexibility index (Phi) is 9.45. The minimum absolute atomic E-state index is 0.0803. The lowest BCUT2D eigenvalue weighted by atomic mass is 9.74. The molecule has 0 saturated carbocycles. The summed E-state index contributed by atoms with van der Waals surface area (Å²) in [5, 5.41) is 24.0. The molecule has 8 nitrogen and oxygen atoms in total. The summed E-state index contributed by atoms with van der Waals surface area (Å²) in [7, 11) is 0. The van der Waals surface area contributed by atoms with Crippen molar-refractivity contribution in [3.05, 3.63) is 94.5 Å². The average Bonchev–Trinajstić information content (AvgIpc) is 2.97. The molecule has 0 bridgehead atoms. The van der Waals surface area contributed by atoms with E-state index in [1.165, 1.54) is 0 Å². The summed E-state index contributed by atoms with van der Waals surface area (Å²) in [6, 6.07) is 20.7. The molecule has 4 rings (SSSR count). The Morgan fingerprint density at radius 3 is 2.42 bits per heavy atom. The van der Waals surface area contributed by atoms with Crippen molar-refractivity contribution < 1.29 is 24.5 Å². The Bertz CT molecular complexity index is 1310. The number of carbonyl (C=O) groups excluding carboxylic acids is 1. The lowest BCUT2D eigenvalue weighted by Gasteiger charge is -2.43. The molecular formula is C32H39N3O5. The summed E-state index contributed by atoms with van der Waals surface area (Å²) in [5.74, 6) is 0.935. The van der Waals surface area contributed by atoms with Gasteiger partial charge in [-0.15, -0.1) is 0 Å². The van der Waals surface area contributed by atoms with Gasteiger partial charge in [-0.2, -0.15) is 0 Å². The second-order valence-electron chi connectivity index (χ2n) is 10.6. The van der Waals surface area contributed by atoms with Crippen molar-refractivity contribution in [3.8, 4) is 11.5 Å². The molecule has 1 fully saturated rings. The van der Waals surface area contributed by atoms with Crippen LogP contribution in [0.15, 0.2) is 66.7 Å². The van der Waals surface area contributed by atoms with Crippen molar-refractivity contribution in [3.63, 3.8) is 0 Å². The van der Waals surface area contributed by atoms with E-state index in [1.54, 1.807) is 17.0 Å². The first-order valence-electron chi connectivity index (χ1n) is 13.8. The Morgan fingerprint density at radius 1 is 1.05 bits per heavy atom. The number of piperidine rings is 1. The highest BCUT2D eigenvalue weighted by Crippen LogP contribution is 2.44. The third kappa shape index (κ3) is 6.63. The Morgan fingerprint density at radius 2 is 1.75 bits per heavy atom. The van der Waals surface area contributed by atoms with Crippen LogP contribution >= 0.6 is 0 Å². The fourth-order valence-electron chi connectivity index (χ4n) is 5.61. The molecular weight excluding hydrogens is 506 g/mol. The number of amides is 2. The monoisotopic (exact) mass is 545 g/mol. The van der Waals surface area contributed by atoms with Crippen LogP contribution in [0.4, 0.5) is 4.79 Å². The van der Waals surface area contributed by atoms with Crippen molar-refractivity contribution in [2.75, 3.05) is 19.6 Å². The molecule has 3 aromatic rings. The van der Waals surface area contributed by atoms with Crippen molar-refractivity contribution in [2.45, 2.75) is 51.7 Å². The highest BCUT2D eigenvalue weighted by atomic mass is 16.5.